The van der Waals surface area contributed by atoms with Crippen LogP contribution < -0.4 is 0 Å². The van der Waals surface area contributed by atoms with Gasteiger partial charge in [0, 0.05) is 0 Å². The van der Waals surface area contributed by atoms with E-state index in [-0.39, 0.29) is 0 Å². The van der Waals surface area contributed by atoms with Crippen LogP contribution >= 0.6 is 0 Å². The fourth-order valence-corrected chi connectivity index (χ4v) is 1.85. The van der Waals surface area contributed by atoms with Crippen molar-refractivity contribution in [1.29, 1.82) is 0 Å². The van der Waals surface area contributed by atoms with Gasteiger partial charge >= 0.3 is 0 Å². The summed E-state index contributed by atoms with van der Waals surface area (Å²) in [6.45, 7) is 9.14. The van der Waals surface area contributed by atoms with E-state index in [0.717, 1.165) is 5.92 Å². The zero-order valence-electron chi connectivity index (χ0n) is 10.6. The van der Waals surface area contributed by atoms with Gasteiger partial charge in [0.05, 0.1) is 0 Å². The van der Waals surface area contributed by atoms with Crippen LogP contribution in [0.5, 0.6) is 0 Å². The second-order valence-corrected chi connectivity index (χ2v) is 4.22. The fraction of sp³-hybridized carbons (Fsp3) is 0.857. The van der Waals surface area contributed by atoms with Crippen LogP contribution in [0.1, 0.15) is 72.6 Å². The number of unbranched alkanes of at least 4 members (excludes halogenated alkanes) is 1. The van der Waals surface area contributed by atoms with E-state index in [2.05, 4.69) is 33.8 Å². The van der Waals surface area contributed by atoms with Crippen molar-refractivity contribution in [3.63, 3.8) is 0 Å². The summed E-state index contributed by atoms with van der Waals surface area (Å²) in [6, 6.07) is 0. The molecule has 0 aliphatic carbocycles. The zero-order chi connectivity index (χ0) is 10.8. The van der Waals surface area contributed by atoms with E-state index in [4.69, 9.17) is 0 Å². The smallest absolute Gasteiger partial charge is 0.0320 e. The molecule has 0 aromatic heterocycles. The molecular weight excluding hydrogens is 168 g/mol. The van der Waals surface area contributed by atoms with Gasteiger partial charge in [0.15, 0.2) is 0 Å². The minimum atomic E-state index is 0.933. The summed E-state index contributed by atoms with van der Waals surface area (Å²) < 4.78 is 0. The van der Waals surface area contributed by atoms with Crippen LogP contribution in [-0.2, 0) is 0 Å². The van der Waals surface area contributed by atoms with Crippen molar-refractivity contribution in [3.05, 3.63) is 11.6 Å². The predicted molar refractivity (Wildman–Crippen MR) is 66.6 cm³/mol. The molecule has 0 saturated carbocycles. The van der Waals surface area contributed by atoms with Crippen LogP contribution in [0.4, 0.5) is 0 Å². The highest BCUT2D eigenvalue weighted by molar-refractivity contribution is 5.00. The number of allylic oxidation sites excluding steroid dienone is 2. The van der Waals surface area contributed by atoms with Gasteiger partial charge in [-0.1, -0.05) is 65.0 Å². The van der Waals surface area contributed by atoms with Crippen molar-refractivity contribution in [3.8, 4) is 0 Å². The average Bonchev–Trinajstić information content (AvgIpc) is 2.23. The molecule has 0 saturated heterocycles. The third kappa shape index (κ3) is 6.23. The molecule has 0 heteroatoms. The van der Waals surface area contributed by atoms with Crippen molar-refractivity contribution >= 4 is 0 Å². The maximum Gasteiger partial charge on any atom is -0.0320 e. The number of hydrogen-bond acceptors (Lipinski definition) is 0. The Bertz CT molecular complexity index is 138. The number of rotatable bonds is 8. The van der Waals surface area contributed by atoms with E-state index >= 15 is 0 Å². The highest BCUT2D eigenvalue weighted by atomic mass is 14.1. The molecule has 1 atom stereocenters. The molecule has 0 heterocycles. The normalized spacial score (nSPS) is 12.6. The van der Waals surface area contributed by atoms with E-state index < -0.39 is 0 Å². The van der Waals surface area contributed by atoms with E-state index in [0.29, 0.717) is 0 Å². The first-order valence-electron chi connectivity index (χ1n) is 6.46. The molecule has 0 bridgehead atoms. The van der Waals surface area contributed by atoms with E-state index in [1.807, 2.05) is 0 Å². The summed E-state index contributed by atoms with van der Waals surface area (Å²) >= 11 is 0. The van der Waals surface area contributed by atoms with Gasteiger partial charge in [-0.25, -0.2) is 0 Å². The maximum atomic E-state index is 2.49. The second kappa shape index (κ2) is 9.30. The molecular formula is C14H28. The van der Waals surface area contributed by atoms with Gasteiger partial charge in [-0.15, -0.1) is 0 Å². The topological polar surface area (TPSA) is 0 Å². The first-order chi connectivity index (χ1) is 6.78. The average molecular weight is 196 g/mol. The maximum absolute atomic E-state index is 2.49. The van der Waals surface area contributed by atoms with Crippen LogP contribution in [0.2, 0.25) is 0 Å². The summed E-state index contributed by atoms with van der Waals surface area (Å²) in [4.78, 5) is 0. The highest BCUT2D eigenvalue weighted by Crippen LogP contribution is 2.19. The van der Waals surface area contributed by atoms with E-state index in [1.165, 1.54) is 44.9 Å². The molecule has 0 radical (unpaired) electrons. The molecule has 0 aliphatic heterocycles. The summed E-state index contributed by atoms with van der Waals surface area (Å²) in [5, 5.41) is 0. The summed E-state index contributed by atoms with van der Waals surface area (Å²) in [5.74, 6) is 0.933. The van der Waals surface area contributed by atoms with Crippen molar-refractivity contribution in [2.24, 2.45) is 5.92 Å². The Hall–Kier alpha value is -0.260. The summed E-state index contributed by atoms with van der Waals surface area (Å²) in [7, 11) is 0. The van der Waals surface area contributed by atoms with Gasteiger partial charge in [0.2, 0.25) is 0 Å². The first kappa shape index (κ1) is 13.7. The van der Waals surface area contributed by atoms with Crippen LogP contribution in [-0.4, -0.2) is 0 Å². The van der Waals surface area contributed by atoms with Gasteiger partial charge < -0.3 is 0 Å². The molecule has 0 nitrogen and oxygen atoms in total. The Morgan fingerprint density at radius 2 is 1.71 bits per heavy atom. The highest BCUT2D eigenvalue weighted by Gasteiger charge is 2.03. The Morgan fingerprint density at radius 3 is 2.14 bits per heavy atom. The van der Waals surface area contributed by atoms with Crippen LogP contribution in [0.3, 0.4) is 0 Å². The SMILES string of the molecule is CCCCC(CC)CC=C(CC)CC. The van der Waals surface area contributed by atoms with Gasteiger partial charge in [0.1, 0.15) is 0 Å². The molecule has 84 valence electrons. The van der Waals surface area contributed by atoms with Crippen LogP contribution in [0, 0.1) is 5.92 Å². The monoisotopic (exact) mass is 196 g/mol. The van der Waals surface area contributed by atoms with Crippen LogP contribution in [0.15, 0.2) is 11.6 Å². The quantitative estimate of drug-likeness (QED) is 0.460. The first-order valence-corrected chi connectivity index (χ1v) is 6.46. The lowest BCUT2D eigenvalue weighted by Gasteiger charge is -2.12. The molecule has 0 aliphatic rings. The molecule has 0 N–H and O–H groups in total. The third-order valence-corrected chi connectivity index (χ3v) is 3.19. The van der Waals surface area contributed by atoms with E-state index in [9.17, 15) is 0 Å². The standard InChI is InChI=1S/C14H28/c1-5-9-10-14(8-4)12-11-13(6-2)7-3/h11,14H,5-10,12H2,1-4H3. The molecule has 14 heavy (non-hydrogen) atoms. The lowest BCUT2D eigenvalue weighted by Crippen LogP contribution is -1.97. The lowest BCUT2D eigenvalue weighted by molar-refractivity contribution is 0.455. The second-order valence-electron chi connectivity index (χ2n) is 4.22. The molecule has 0 amide bonds. The minimum absolute atomic E-state index is 0.933. The minimum Gasteiger partial charge on any atom is -0.0851 e. The Labute approximate surface area is 90.8 Å². The van der Waals surface area contributed by atoms with Gasteiger partial charge in [-0.3, -0.25) is 0 Å². The van der Waals surface area contributed by atoms with Gasteiger partial charge in [0.25, 0.3) is 0 Å². The van der Waals surface area contributed by atoms with Crippen molar-refractivity contribution in [1.82, 2.24) is 0 Å². The Morgan fingerprint density at radius 1 is 1.07 bits per heavy atom. The largest absolute Gasteiger partial charge is 0.0851 e. The number of hydrogen-bond donors (Lipinski definition) is 0. The van der Waals surface area contributed by atoms with Crippen molar-refractivity contribution in [2.45, 2.75) is 72.6 Å². The fourth-order valence-electron chi connectivity index (χ4n) is 1.85. The molecule has 1 unspecified atom stereocenters. The van der Waals surface area contributed by atoms with Crippen molar-refractivity contribution in [2.75, 3.05) is 0 Å². The third-order valence-electron chi connectivity index (χ3n) is 3.19. The summed E-state index contributed by atoms with van der Waals surface area (Å²) in [5.41, 5.74) is 1.64. The predicted octanol–water partition coefficient (Wildman–Crippen LogP) is 5.34. The molecule has 0 aromatic rings. The zero-order valence-corrected chi connectivity index (χ0v) is 10.6. The van der Waals surface area contributed by atoms with Gasteiger partial charge in [-0.2, -0.15) is 0 Å². The Kier molecular flexibility index (Phi) is 9.13. The molecule has 0 spiro atoms. The van der Waals surface area contributed by atoms with Gasteiger partial charge in [-0.05, 0) is 25.2 Å². The van der Waals surface area contributed by atoms with E-state index in [1.54, 1.807) is 5.57 Å². The summed E-state index contributed by atoms with van der Waals surface area (Å²) in [6.07, 6.45) is 11.8. The molecule has 0 rings (SSSR count). The lowest BCUT2D eigenvalue weighted by atomic mass is 9.94. The molecule has 0 aromatic carbocycles. The van der Waals surface area contributed by atoms with Crippen LogP contribution in [0.25, 0.3) is 0 Å². The Balaban J connectivity index is 3.85. The van der Waals surface area contributed by atoms with Crippen molar-refractivity contribution < 1.29 is 0 Å². The molecule has 0 fully saturated rings.